The summed E-state index contributed by atoms with van der Waals surface area (Å²) in [7, 11) is 0. The highest BCUT2D eigenvalue weighted by Gasteiger charge is 2.49. The molecule has 0 radical (unpaired) electrons. The minimum Gasteiger partial charge on any atom is -0.394 e. The van der Waals surface area contributed by atoms with Crippen LogP contribution in [0.5, 0.6) is 0 Å². The third kappa shape index (κ3) is 1.63. The summed E-state index contributed by atoms with van der Waals surface area (Å²) < 4.78 is 5.19. The number of ether oxygens (including phenoxy) is 1. The SMILES string of the molecule is NC1(C(=O)N2CCOCC2CO)CC1. The number of morpholine rings is 1. The number of aliphatic hydroxyl groups excluding tert-OH is 1. The Kier molecular flexibility index (Phi) is 2.47. The molecule has 5 heteroatoms. The number of rotatable bonds is 2. The Balaban J connectivity index is 2.03. The fourth-order valence-corrected chi connectivity index (χ4v) is 1.71. The molecule has 0 aromatic rings. The number of nitrogens with zero attached hydrogens (tertiary/aromatic N) is 1. The summed E-state index contributed by atoms with van der Waals surface area (Å²) in [4.78, 5) is 13.5. The highest BCUT2D eigenvalue weighted by atomic mass is 16.5. The molecule has 2 rings (SSSR count). The molecule has 3 N–H and O–H groups in total. The molecule has 1 amide bonds. The predicted molar refractivity (Wildman–Crippen MR) is 49.6 cm³/mol. The third-order valence-corrected chi connectivity index (χ3v) is 2.91. The van der Waals surface area contributed by atoms with Crippen LogP contribution in [0.1, 0.15) is 12.8 Å². The van der Waals surface area contributed by atoms with Crippen molar-refractivity contribution in [2.75, 3.05) is 26.4 Å². The van der Waals surface area contributed by atoms with Crippen molar-refractivity contribution in [2.45, 2.75) is 24.4 Å². The number of hydrogen-bond acceptors (Lipinski definition) is 4. The standard InChI is InChI=1S/C9H16N2O3/c10-9(1-2-9)8(13)11-3-4-14-6-7(11)5-12/h7,12H,1-6,10H2. The van der Waals surface area contributed by atoms with Crippen LogP contribution in [0.25, 0.3) is 0 Å². The van der Waals surface area contributed by atoms with E-state index in [4.69, 9.17) is 15.6 Å². The molecule has 14 heavy (non-hydrogen) atoms. The van der Waals surface area contributed by atoms with Crippen LogP contribution in [0.15, 0.2) is 0 Å². The average molecular weight is 200 g/mol. The lowest BCUT2D eigenvalue weighted by Gasteiger charge is -2.36. The van der Waals surface area contributed by atoms with Gasteiger partial charge in [-0.2, -0.15) is 0 Å². The highest BCUT2D eigenvalue weighted by molar-refractivity contribution is 5.89. The van der Waals surface area contributed by atoms with E-state index in [1.807, 2.05) is 0 Å². The number of amides is 1. The lowest BCUT2D eigenvalue weighted by Crippen LogP contribution is -2.56. The maximum Gasteiger partial charge on any atom is 0.243 e. The van der Waals surface area contributed by atoms with E-state index in [9.17, 15) is 4.79 Å². The zero-order valence-corrected chi connectivity index (χ0v) is 8.11. The zero-order chi connectivity index (χ0) is 10.2. The molecular formula is C9H16N2O3. The molecular weight excluding hydrogens is 184 g/mol. The van der Waals surface area contributed by atoms with E-state index < -0.39 is 5.54 Å². The van der Waals surface area contributed by atoms with Crippen LogP contribution in [0.2, 0.25) is 0 Å². The van der Waals surface area contributed by atoms with Crippen molar-refractivity contribution < 1.29 is 14.6 Å². The first kappa shape index (κ1) is 9.89. The Morgan fingerprint density at radius 2 is 2.36 bits per heavy atom. The van der Waals surface area contributed by atoms with Gasteiger partial charge in [0.05, 0.1) is 31.4 Å². The molecule has 1 heterocycles. The van der Waals surface area contributed by atoms with Gasteiger partial charge in [0.2, 0.25) is 5.91 Å². The minimum absolute atomic E-state index is 0.0279. The first-order chi connectivity index (χ1) is 6.67. The van der Waals surface area contributed by atoms with Gasteiger partial charge in [0.1, 0.15) is 0 Å². The van der Waals surface area contributed by atoms with Gasteiger partial charge < -0.3 is 20.5 Å². The van der Waals surface area contributed by atoms with Gasteiger partial charge in [-0.1, -0.05) is 0 Å². The number of carbonyl (C=O) groups is 1. The van der Waals surface area contributed by atoms with Gasteiger partial charge in [-0.3, -0.25) is 4.79 Å². The molecule has 1 unspecified atom stereocenters. The lowest BCUT2D eigenvalue weighted by atomic mass is 10.1. The third-order valence-electron chi connectivity index (χ3n) is 2.91. The van der Waals surface area contributed by atoms with Gasteiger partial charge >= 0.3 is 0 Å². The van der Waals surface area contributed by atoms with Crippen LogP contribution in [-0.4, -0.2) is 53.9 Å². The first-order valence-electron chi connectivity index (χ1n) is 4.96. The van der Waals surface area contributed by atoms with Crippen molar-refractivity contribution in [1.82, 2.24) is 4.90 Å². The number of hydrogen-bond donors (Lipinski definition) is 2. The van der Waals surface area contributed by atoms with Gasteiger partial charge in [0.15, 0.2) is 0 Å². The van der Waals surface area contributed by atoms with Gasteiger partial charge in [-0.15, -0.1) is 0 Å². The molecule has 1 saturated carbocycles. The van der Waals surface area contributed by atoms with E-state index >= 15 is 0 Å². The van der Waals surface area contributed by atoms with Gasteiger partial charge in [0.25, 0.3) is 0 Å². The fourth-order valence-electron chi connectivity index (χ4n) is 1.71. The maximum absolute atomic E-state index is 11.9. The van der Waals surface area contributed by atoms with E-state index in [1.165, 1.54) is 0 Å². The molecule has 0 aromatic carbocycles. The van der Waals surface area contributed by atoms with E-state index in [-0.39, 0.29) is 18.6 Å². The van der Waals surface area contributed by atoms with Crippen LogP contribution in [0.4, 0.5) is 0 Å². The molecule has 0 spiro atoms. The van der Waals surface area contributed by atoms with Crippen molar-refractivity contribution >= 4 is 5.91 Å². The Morgan fingerprint density at radius 1 is 1.64 bits per heavy atom. The minimum atomic E-state index is -0.634. The van der Waals surface area contributed by atoms with Crippen LogP contribution in [0.3, 0.4) is 0 Å². The van der Waals surface area contributed by atoms with Crippen LogP contribution >= 0.6 is 0 Å². The van der Waals surface area contributed by atoms with E-state index in [0.29, 0.717) is 19.8 Å². The van der Waals surface area contributed by atoms with Crippen molar-refractivity contribution in [3.8, 4) is 0 Å². The van der Waals surface area contributed by atoms with Gasteiger partial charge in [0, 0.05) is 6.54 Å². The van der Waals surface area contributed by atoms with Crippen molar-refractivity contribution in [3.63, 3.8) is 0 Å². The normalized spacial score (nSPS) is 30.1. The second-order valence-electron chi connectivity index (χ2n) is 4.07. The van der Waals surface area contributed by atoms with Gasteiger partial charge in [-0.25, -0.2) is 0 Å². The quantitative estimate of drug-likeness (QED) is 0.581. The fraction of sp³-hybridized carbons (Fsp3) is 0.889. The summed E-state index contributed by atoms with van der Waals surface area (Å²) in [5.74, 6) is -0.0279. The summed E-state index contributed by atoms with van der Waals surface area (Å²) in [6.45, 7) is 1.45. The monoisotopic (exact) mass is 200 g/mol. The van der Waals surface area contributed by atoms with E-state index in [0.717, 1.165) is 12.8 Å². The van der Waals surface area contributed by atoms with E-state index in [1.54, 1.807) is 4.90 Å². The van der Waals surface area contributed by atoms with Crippen LogP contribution in [0, 0.1) is 0 Å². The Hall–Kier alpha value is -0.650. The lowest BCUT2D eigenvalue weighted by molar-refractivity contribution is -0.144. The molecule has 2 fully saturated rings. The molecule has 1 aliphatic heterocycles. The molecule has 1 aliphatic carbocycles. The van der Waals surface area contributed by atoms with Gasteiger partial charge in [-0.05, 0) is 12.8 Å². The smallest absolute Gasteiger partial charge is 0.243 e. The summed E-state index contributed by atoms with van der Waals surface area (Å²) in [5, 5.41) is 9.08. The van der Waals surface area contributed by atoms with Crippen molar-refractivity contribution in [2.24, 2.45) is 5.73 Å². The predicted octanol–water partition coefficient (Wildman–Crippen LogP) is -1.30. The average Bonchev–Trinajstić information content (AvgIpc) is 2.97. The summed E-state index contributed by atoms with van der Waals surface area (Å²) in [6.07, 6.45) is 1.53. The topological polar surface area (TPSA) is 75.8 Å². The molecule has 0 aromatic heterocycles. The molecule has 1 saturated heterocycles. The summed E-state index contributed by atoms with van der Waals surface area (Å²) >= 11 is 0. The van der Waals surface area contributed by atoms with Crippen LogP contribution in [-0.2, 0) is 9.53 Å². The number of nitrogens with two attached hydrogens (primary N) is 1. The largest absolute Gasteiger partial charge is 0.394 e. The highest BCUT2D eigenvalue weighted by Crippen LogP contribution is 2.34. The molecule has 80 valence electrons. The molecule has 1 atom stereocenters. The zero-order valence-electron chi connectivity index (χ0n) is 8.11. The van der Waals surface area contributed by atoms with E-state index in [2.05, 4.69) is 0 Å². The first-order valence-corrected chi connectivity index (χ1v) is 4.96. The van der Waals surface area contributed by atoms with Crippen LogP contribution < -0.4 is 5.73 Å². The second-order valence-corrected chi connectivity index (χ2v) is 4.07. The second kappa shape index (κ2) is 3.49. The number of carbonyl (C=O) groups excluding carboxylic acids is 1. The Morgan fingerprint density at radius 3 is 2.93 bits per heavy atom. The maximum atomic E-state index is 11.9. The van der Waals surface area contributed by atoms with Crippen molar-refractivity contribution in [1.29, 1.82) is 0 Å². The van der Waals surface area contributed by atoms with Crippen molar-refractivity contribution in [3.05, 3.63) is 0 Å². The summed E-state index contributed by atoms with van der Waals surface area (Å²) in [6, 6.07) is -0.211. The summed E-state index contributed by atoms with van der Waals surface area (Å²) in [5.41, 5.74) is 5.19. The molecule has 2 aliphatic rings. The molecule has 5 nitrogen and oxygen atoms in total. The Labute approximate surface area is 82.8 Å². The Bertz CT molecular complexity index is 240. The molecule has 0 bridgehead atoms. The number of aliphatic hydroxyl groups is 1.